The van der Waals surface area contributed by atoms with Crippen molar-refractivity contribution in [2.75, 3.05) is 44.6 Å². The highest BCUT2D eigenvalue weighted by Crippen LogP contribution is 2.34. The van der Waals surface area contributed by atoms with Crippen LogP contribution in [0.25, 0.3) is 0 Å². The van der Waals surface area contributed by atoms with Gasteiger partial charge in [0.1, 0.15) is 17.6 Å². The van der Waals surface area contributed by atoms with Crippen LogP contribution in [0.1, 0.15) is 23.1 Å². The number of anilines is 1. The molecule has 1 fully saturated rings. The molecule has 5 rings (SSSR count). The van der Waals surface area contributed by atoms with Gasteiger partial charge >= 0.3 is 0 Å². The van der Waals surface area contributed by atoms with Crippen molar-refractivity contribution >= 4 is 34.6 Å². The minimum absolute atomic E-state index is 0.0738. The Balaban J connectivity index is 1.15. The SMILES string of the molecule is O=C(CN1CCN(CC(=O)N2N=C(c3cccs3)CC2c2ccco2)CC1)Nc1cccc(F)c1. The van der Waals surface area contributed by atoms with E-state index in [0.717, 1.165) is 16.3 Å². The van der Waals surface area contributed by atoms with Crippen molar-refractivity contribution in [3.63, 3.8) is 0 Å². The molecule has 1 unspecified atom stereocenters. The van der Waals surface area contributed by atoms with E-state index in [1.807, 2.05) is 34.5 Å². The fourth-order valence-corrected chi connectivity index (χ4v) is 5.09. The monoisotopic (exact) mass is 495 g/mol. The van der Waals surface area contributed by atoms with Gasteiger partial charge in [-0.3, -0.25) is 19.4 Å². The summed E-state index contributed by atoms with van der Waals surface area (Å²) in [6.07, 6.45) is 2.23. The van der Waals surface area contributed by atoms with E-state index in [-0.39, 0.29) is 36.8 Å². The number of rotatable bonds is 7. The van der Waals surface area contributed by atoms with Crippen molar-refractivity contribution in [2.45, 2.75) is 12.5 Å². The predicted octanol–water partition coefficient (Wildman–Crippen LogP) is 3.41. The minimum atomic E-state index is -0.389. The van der Waals surface area contributed by atoms with Crippen LogP contribution in [-0.2, 0) is 9.59 Å². The third-order valence-electron chi connectivity index (χ3n) is 6.14. The van der Waals surface area contributed by atoms with E-state index in [0.29, 0.717) is 38.3 Å². The van der Waals surface area contributed by atoms with Gasteiger partial charge in [0.05, 0.1) is 29.9 Å². The first-order valence-corrected chi connectivity index (χ1v) is 12.4. The molecule has 1 aromatic carbocycles. The number of halogens is 1. The minimum Gasteiger partial charge on any atom is -0.467 e. The summed E-state index contributed by atoms with van der Waals surface area (Å²) in [7, 11) is 0. The molecule has 35 heavy (non-hydrogen) atoms. The summed E-state index contributed by atoms with van der Waals surface area (Å²) in [5, 5.41) is 11.0. The van der Waals surface area contributed by atoms with Crippen molar-refractivity contribution in [3.8, 4) is 0 Å². The zero-order valence-electron chi connectivity index (χ0n) is 19.1. The molecule has 2 aliphatic rings. The molecule has 0 radical (unpaired) electrons. The second kappa shape index (κ2) is 10.5. The highest BCUT2D eigenvalue weighted by Gasteiger charge is 2.36. The molecule has 2 amide bonds. The third kappa shape index (κ3) is 5.67. The Bertz CT molecular complexity index is 1190. The van der Waals surface area contributed by atoms with E-state index in [2.05, 4.69) is 15.3 Å². The molecule has 3 aromatic rings. The second-order valence-electron chi connectivity index (χ2n) is 8.61. The molecule has 0 spiro atoms. The molecule has 4 heterocycles. The van der Waals surface area contributed by atoms with Crippen LogP contribution in [0.3, 0.4) is 0 Å². The van der Waals surface area contributed by atoms with Gasteiger partial charge in [-0.15, -0.1) is 11.3 Å². The fourth-order valence-electron chi connectivity index (χ4n) is 4.37. The summed E-state index contributed by atoms with van der Waals surface area (Å²) in [5.41, 5.74) is 1.34. The Morgan fingerprint density at radius 3 is 2.54 bits per heavy atom. The maximum absolute atomic E-state index is 13.3. The van der Waals surface area contributed by atoms with Crippen molar-refractivity contribution < 1.29 is 18.4 Å². The number of thiophene rings is 1. The lowest BCUT2D eigenvalue weighted by Crippen LogP contribution is -2.51. The van der Waals surface area contributed by atoms with Crippen LogP contribution in [0.2, 0.25) is 0 Å². The van der Waals surface area contributed by atoms with Crippen LogP contribution in [0.15, 0.2) is 69.7 Å². The third-order valence-corrected chi connectivity index (χ3v) is 7.06. The quantitative estimate of drug-likeness (QED) is 0.543. The zero-order chi connectivity index (χ0) is 24.2. The van der Waals surface area contributed by atoms with Gasteiger partial charge < -0.3 is 9.73 Å². The number of amides is 2. The molecule has 0 saturated carbocycles. The van der Waals surface area contributed by atoms with Crippen LogP contribution < -0.4 is 5.32 Å². The van der Waals surface area contributed by atoms with Gasteiger partial charge in [0.15, 0.2) is 0 Å². The molecule has 0 bridgehead atoms. The number of benzene rings is 1. The summed E-state index contributed by atoms with van der Waals surface area (Å²) in [6.45, 7) is 3.13. The number of carbonyl (C=O) groups is 2. The van der Waals surface area contributed by atoms with Crippen LogP contribution in [0.5, 0.6) is 0 Å². The second-order valence-corrected chi connectivity index (χ2v) is 9.56. The first-order valence-electron chi connectivity index (χ1n) is 11.5. The van der Waals surface area contributed by atoms with Crippen molar-refractivity contribution in [3.05, 3.63) is 76.6 Å². The van der Waals surface area contributed by atoms with Crippen LogP contribution >= 0.6 is 11.3 Å². The molecule has 1 saturated heterocycles. The average molecular weight is 496 g/mol. The van der Waals surface area contributed by atoms with Gasteiger partial charge in [-0.05, 0) is 41.8 Å². The Hall–Kier alpha value is -3.34. The molecular weight excluding hydrogens is 469 g/mol. The average Bonchev–Trinajstić information content (AvgIpc) is 3.61. The van der Waals surface area contributed by atoms with Crippen molar-refractivity contribution in [1.82, 2.24) is 14.8 Å². The van der Waals surface area contributed by atoms with E-state index < -0.39 is 0 Å². The summed E-state index contributed by atoms with van der Waals surface area (Å²) in [4.78, 5) is 30.8. The van der Waals surface area contributed by atoms with E-state index in [4.69, 9.17) is 4.42 Å². The maximum atomic E-state index is 13.3. The number of carbonyl (C=O) groups excluding carboxylic acids is 2. The van der Waals surface area contributed by atoms with E-state index in [9.17, 15) is 14.0 Å². The normalized spacial score (nSPS) is 19.1. The van der Waals surface area contributed by atoms with Crippen LogP contribution in [-0.4, -0.2) is 71.6 Å². The first kappa shape index (κ1) is 23.4. The van der Waals surface area contributed by atoms with E-state index in [1.54, 1.807) is 34.7 Å². The van der Waals surface area contributed by atoms with E-state index in [1.165, 1.54) is 12.1 Å². The first-order chi connectivity index (χ1) is 17.0. The topological polar surface area (TPSA) is 81.4 Å². The van der Waals surface area contributed by atoms with Gasteiger partial charge in [-0.25, -0.2) is 9.40 Å². The highest BCUT2D eigenvalue weighted by molar-refractivity contribution is 7.12. The van der Waals surface area contributed by atoms with Crippen molar-refractivity contribution in [2.24, 2.45) is 5.10 Å². The molecule has 1 N–H and O–H groups in total. The molecule has 10 heteroatoms. The molecule has 8 nitrogen and oxygen atoms in total. The molecule has 1 atom stereocenters. The number of hydrogen-bond donors (Lipinski definition) is 1. The highest BCUT2D eigenvalue weighted by atomic mass is 32.1. The van der Waals surface area contributed by atoms with Gasteiger partial charge in [0.2, 0.25) is 5.91 Å². The molecular formula is C25H26FN5O3S. The fraction of sp³-hybridized carbons (Fsp3) is 0.320. The number of nitrogens with one attached hydrogen (secondary N) is 1. The van der Waals surface area contributed by atoms with Crippen LogP contribution in [0.4, 0.5) is 10.1 Å². The standard InChI is InChI=1S/C25H26FN5O3S/c26-18-4-1-5-19(14-18)27-24(32)16-29-8-10-30(11-9-29)17-25(33)31-21(22-6-2-12-34-22)15-20(28-31)23-7-3-13-35-23/h1-7,12-14,21H,8-11,15-17H2,(H,27,32). The number of piperazine rings is 1. The largest absolute Gasteiger partial charge is 0.467 e. The predicted molar refractivity (Wildman–Crippen MR) is 132 cm³/mol. The van der Waals surface area contributed by atoms with E-state index >= 15 is 0 Å². The Kier molecular flexibility index (Phi) is 7.03. The summed E-state index contributed by atoms with van der Waals surface area (Å²) < 4.78 is 18.9. The maximum Gasteiger partial charge on any atom is 0.257 e. The Morgan fingerprint density at radius 2 is 1.86 bits per heavy atom. The van der Waals surface area contributed by atoms with Gasteiger partial charge in [0, 0.05) is 38.3 Å². The number of furan rings is 1. The van der Waals surface area contributed by atoms with Crippen LogP contribution in [0, 0.1) is 5.82 Å². The lowest BCUT2D eigenvalue weighted by molar-refractivity contribution is -0.135. The summed E-state index contributed by atoms with van der Waals surface area (Å²) in [6, 6.07) is 13.3. The van der Waals surface area contributed by atoms with Gasteiger partial charge in [-0.2, -0.15) is 5.10 Å². The number of hydrogen-bond acceptors (Lipinski definition) is 7. The number of nitrogens with zero attached hydrogens (tertiary/aromatic N) is 4. The summed E-state index contributed by atoms with van der Waals surface area (Å²) >= 11 is 1.61. The Labute approximate surface area is 206 Å². The van der Waals surface area contributed by atoms with Gasteiger partial charge in [0.25, 0.3) is 5.91 Å². The Morgan fingerprint density at radius 1 is 1.06 bits per heavy atom. The smallest absolute Gasteiger partial charge is 0.257 e. The molecule has 182 valence electrons. The summed E-state index contributed by atoms with van der Waals surface area (Å²) in [5.74, 6) is 0.0761. The lowest BCUT2D eigenvalue weighted by Gasteiger charge is -2.34. The molecule has 0 aliphatic carbocycles. The lowest BCUT2D eigenvalue weighted by atomic mass is 10.1. The van der Waals surface area contributed by atoms with Gasteiger partial charge in [-0.1, -0.05) is 12.1 Å². The zero-order valence-corrected chi connectivity index (χ0v) is 19.9. The van der Waals surface area contributed by atoms with Crippen molar-refractivity contribution in [1.29, 1.82) is 0 Å². The molecule has 2 aromatic heterocycles. The number of hydrazone groups is 1. The molecule has 2 aliphatic heterocycles.